The standard InChI is InChI=1S/C15H21NO4/c1-10(7-17)8-18-13-5-15-14(19-9-20-15)4-11(13)6-16-12-2-3-12/h4-5,10,12,16-17H,2-3,6-9H2,1H3. The highest BCUT2D eigenvalue weighted by molar-refractivity contribution is 5.51. The first-order chi connectivity index (χ1) is 9.76. The summed E-state index contributed by atoms with van der Waals surface area (Å²) < 4.78 is 16.6. The van der Waals surface area contributed by atoms with Crippen LogP contribution in [0.25, 0.3) is 0 Å². The van der Waals surface area contributed by atoms with Gasteiger partial charge in [0.05, 0.1) is 6.61 Å². The van der Waals surface area contributed by atoms with Crippen LogP contribution in [-0.2, 0) is 6.54 Å². The minimum absolute atomic E-state index is 0.115. The Morgan fingerprint density at radius 2 is 2.10 bits per heavy atom. The molecular formula is C15H21NO4. The molecule has 1 aliphatic heterocycles. The van der Waals surface area contributed by atoms with Gasteiger partial charge in [-0.3, -0.25) is 0 Å². The topological polar surface area (TPSA) is 60.0 Å². The fraction of sp³-hybridized carbons (Fsp3) is 0.600. The minimum atomic E-state index is 0.115. The van der Waals surface area contributed by atoms with Crippen LogP contribution >= 0.6 is 0 Å². The highest BCUT2D eigenvalue weighted by Gasteiger charge is 2.23. The first kappa shape index (κ1) is 13.5. The first-order valence-electron chi connectivity index (χ1n) is 7.16. The van der Waals surface area contributed by atoms with Crippen LogP contribution < -0.4 is 19.5 Å². The Balaban J connectivity index is 1.73. The average Bonchev–Trinajstić information content (AvgIpc) is 3.19. The lowest BCUT2D eigenvalue weighted by atomic mass is 10.1. The van der Waals surface area contributed by atoms with Gasteiger partial charge in [-0.1, -0.05) is 6.92 Å². The molecule has 0 bridgehead atoms. The van der Waals surface area contributed by atoms with Gasteiger partial charge in [0.2, 0.25) is 6.79 Å². The van der Waals surface area contributed by atoms with Gasteiger partial charge in [-0.25, -0.2) is 0 Å². The number of fused-ring (bicyclic) bond motifs is 1. The fourth-order valence-electron chi connectivity index (χ4n) is 2.06. The van der Waals surface area contributed by atoms with E-state index in [2.05, 4.69) is 5.32 Å². The second-order valence-corrected chi connectivity index (χ2v) is 5.57. The number of aliphatic hydroxyl groups excluding tert-OH is 1. The third-order valence-electron chi connectivity index (χ3n) is 3.55. The zero-order valence-electron chi connectivity index (χ0n) is 11.7. The molecule has 0 radical (unpaired) electrons. The summed E-state index contributed by atoms with van der Waals surface area (Å²) in [5.74, 6) is 2.43. The largest absolute Gasteiger partial charge is 0.493 e. The van der Waals surface area contributed by atoms with Crippen molar-refractivity contribution in [2.45, 2.75) is 32.4 Å². The number of ether oxygens (including phenoxy) is 3. The van der Waals surface area contributed by atoms with E-state index < -0.39 is 0 Å². The normalized spacial score (nSPS) is 18.1. The predicted octanol–water partition coefficient (Wildman–Crippen LogP) is 1.67. The maximum absolute atomic E-state index is 9.08. The first-order valence-corrected chi connectivity index (χ1v) is 7.16. The molecule has 0 aromatic heterocycles. The molecule has 5 nitrogen and oxygen atoms in total. The summed E-state index contributed by atoms with van der Waals surface area (Å²) in [7, 11) is 0. The van der Waals surface area contributed by atoms with Crippen LogP contribution in [0.15, 0.2) is 12.1 Å². The van der Waals surface area contributed by atoms with E-state index in [1.807, 2.05) is 19.1 Å². The maximum atomic E-state index is 9.08. The van der Waals surface area contributed by atoms with Crippen molar-refractivity contribution in [3.8, 4) is 17.2 Å². The number of nitrogens with one attached hydrogen (secondary N) is 1. The summed E-state index contributed by atoms with van der Waals surface area (Å²) in [6.07, 6.45) is 2.50. The molecule has 0 amide bonds. The Hall–Kier alpha value is -1.46. The molecule has 1 aromatic carbocycles. The van der Waals surface area contributed by atoms with E-state index >= 15 is 0 Å². The van der Waals surface area contributed by atoms with Crippen molar-refractivity contribution in [3.05, 3.63) is 17.7 Å². The van der Waals surface area contributed by atoms with Gasteiger partial charge in [0.15, 0.2) is 11.5 Å². The van der Waals surface area contributed by atoms with Gasteiger partial charge in [0.1, 0.15) is 5.75 Å². The molecule has 1 unspecified atom stereocenters. The van der Waals surface area contributed by atoms with Crippen molar-refractivity contribution in [2.75, 3.05) is 20.0 Å². The van der Waals surface area contributed by atoms with Gasteiger partial charge in [0, 0.05) is 36.7 Å². The van der Waals surface area contributed by atoms with Crippen LogP contribution in [0, 0.1) is 5.92 Å². The summed E-state index contributed by atoms with van der Waals surface area (Å²) in [4.78, 5) is 0. The van der Waals surface area contributed by atoms with Crippen LogP contribution in [-0.4, -0.2) is 31.2 Å². The van der Waals surface area contributed by atoms with Gasteiger partial charge < -0.3 is 24.6 Å². The van der Waals surface area contributed by atoms with Crippen molar-refractivity contribution >= 4 is 0 Å². The molecule has 0 saturated heterocycles. The average molecular weight is 279 g/mol. The van der Waals surface area contributed by atoms with Crippen LogP contribution in [0.3, 0.4) is 0 Å². The van der Waals surface area contributed by atoms with Crippen molar-refractivity contribution in [3.63, 3.8) is 0 Å². The Bertz CT molecular complexity index is 473. The molecule has 1 aliphatic carbocycles. The third-order valence-corrected chi connectivity index (χ3v) is 3.55. The summed E-state index contributed by atoms with van der Waals surface area (Å²) in [5, 5.41) is 12.6. The molecule has 2 aliphatic rings. The number of hydrogen-bond donors (Lipinski definition) is 2. The molecule has 5 heteroatoms. The molecule has 0 spiro atoms. The summed E-state index contributed by atoms with van der Waals surface area (Å²) in [6.45, 7) is 3.60. The molecule has 110 valence electrons. The van der Waals surface area contributed by atoms with Gasteiger partial charge in [-0.2, -0.15) is 0 Å². The van der Waals surface area contributed by atoms with Crippen LogP contribution in [0.1, 0.15) is 25.3 Å². The molecule has 20 heavy (non-hydrogen) atoms. The Morgan fingerprint density at radius 3 is 2.80 bits per heavy atom. The third kappa shape index (κ3) is 3.16. The molecule has 2 N–H and O–H groups in total. The second kappa shape index (κ2) is 5.89. The zero-order chi connectivity index (χ0) is 13.9. The Kier molecular flexibility index (Phi) is 3.98. The number of rotatable bonds is 7. The van der Waals surface area contributed by atoms with E-state index in [-0.39, 0.29) is 19.3 Å². The van der Waals surface area contributed by atoms with Crippen LogP contribution in [0.4, 0.5) is 0 Å². The predicted molar refractivity (Wildman–Crippen MR) is 74.2 cm³/mol. The lowest BCUT2D eigenvalue weighted by molar-refractivity contribution is 0.171. The van der Waals surface area contributed by atoms with E-state index in [0.29, 0.717) is 12.6 Å². The van der Waals surface area contributed by atoms with E-state index in [1.54, 1.807) is 0 Å². The molecule has 1 aromatic rings. The summed E-state index contributed by atoms with van der Waals surface area (Å²) in [6, 6.07) is 4.51. The molecule has 1 atom stereocenters. The van der Waals surface area contributed by atoms with E-state index in [4.69, 9.17) is 19.3 Å². The summed E-state index contributed by atoms with van der Waals surface area (Å²) in [5.41, 5.74) is 1.08. The second-order valence-electron chi connectivity index (χ2n) is 5.57. The Labute approximate surface area is 118 Å². The van der Waals surface area contributed by atoms with Crippen molar-refractivity contribution in [1.29, 1.82) is 0 Å². The Morgan fingerprint density at radius 1 is 1.35 bits per heavy atom. The highest BCUT2D eigenvalue weighted by Crippen LogP contribution is 2.38. The molecule has 1 saturated carbocycles. The summed E-state index contributed by atoms with van der Waals surface area (Å²) >= 11 is 0. The van der Waals surface area contributed by atoms with Gasteiger partial charge in [-0.15, -0.1) is 0 Å². The minimum Gasteiger partial charge on any atom is -0.493 e. The molecular weight excluding hydrogens is 258 g/mol. The quantitative estimate of drug-likeness (QED) is 0.795. The fourth-order valence-corrected chi connectivity index (χ4v) is 2.06. The lowest BCUT2D eigenvalue weighted by Crippen LogP contribution is -2.17. The van der Waals surface area contributed by atoms with Crippen molar-refractivity contribution in [2.24, 2.45) is 5.92 Å². The van der Waals surface area contributed by atoms with Gasteiger partial charge in [0.25, 0.3) is 0 Å². The zero-order valence-corrected chi connectivity index (χ0v) is 11.7. The van der Waals surface area contributed by atoms with E-state index in [1.165, 1.54) is 12.8 Å². The maximum Gasteiger partial charge on any atom is 0.231 e. The van der Waals surface area contributed by atoms with E-state index in [0.717, 1.165) is 29.4 Å². The van der Waals surface area contributed by atoms with Crippen molar-refractivity contribution in [1.82, 2.24) is 5.32 Å². The molecule has 3 rings (SSSR count). The van der Waals surface area contributed by atoms with Crippen LogP contribution in [0.5, 0.6) is 17.2 Å². The lowest BCUT2D eigenvalue weighted by Gasteiger charge is -2.15. The monoisotopic (exact) mass is 279 g/mol. The van der Waals surface area contributed by atoms with E-state index in [9.17, 15) is 0 Å². The van der Waals surface area contributed by atoms with Crippen LogP contribution in [0.2, 0.25) is 0 Å². The van der Waals surface area contributed by atoms with Gasteiger partial charge >= 0.3 is 0 Å². The smallest absolute Gasteiger partial charge is 0.231 e. The molecule has 1 fully saturated rings. The number of hydrogen-bond acceptors (Lipinski definition) is 5. The van der Waals surface area contributed by atoms with Gasteiger partial charge in [-0.05, 0) is 18.9 Å². The number of aliphatic hydroxyl groups is 1. The van der Waals surface area contributed by atoms with Crippen molar-refractivity contribution < 1.29 is 19.3 Å². The SMILES string of the molecule is CC(CO)COc1cc2c(cc1CNC1CC1)OCO2. The highest BCUT2D eigenvalue weighted by atomic mass is 16.7. The number of benzene rings is 1. The molecule has 1 heterocycles.